The quantitative estimate of drug-likeness (QED) is 0.785. The maximum Gasteiger partial charge on any atom is 0.204 e. The van der Waals surface area contributed by atoms with Gasteiger partial charge < -0.3 is 4.74 Å². The van der Waals surface area contributed by atoms with Gasteiger partial charge in [0.1, 0.15) is 5.75 Å². The van der Waals surface area contributed by atoms with E-state index >= 15 is 0 Å². The van der Waals surface area contributed by atoms with Gasteiger partial charge in [0.15, 0.2) is 5.65 Å². The molecule has 0 amide bonds. The highest BCUT2D eigenvalue weighted by Gasteiger charge is 2.34. The summed E-state index contributed by atoms with van der Waals surface area (Å²) < 4.78 is 9.11. The molecule has 3 atom stereocenters. The summed E-state index contributed by atoms with van der Waals surface area (Å²) in [5, 5.41) is 8.32. The molecule has 5 rings (SSSR count). The smallest absolute Gasteiger partial charge is 0.204 e. The molecule has 5 heteroatoms. The van der Waals surface area contributed by atoms with Crippen LogP contribution in [0.25, 0.3) is 5.65 Å². The minimum absolute atomic E-state index is 0.659. The second kappa shape index (κ2) is 5.47. The summed E-state index contributed by atoms with van der Waals surface area (Å²) in [5.41, 5.74) is 2.19. The number of ether oxygens (including phenoxy) is 1. The molecule has 0 N–H and O–H groups in total. The van der Waals surface area contributed by atoms with Crippen LogP contribution in [0.4, 0.5) is 0 Å². The van der Waals surface area contributed by atoms with Gasteiger partial charge in [-0.1, -0.05) is 12.8 Å². The van der Waals surface area contributed by atoms with Crippen molar-refractivity contribution >= 4 is 21.6 Å². The molecule has 0 aliphatic heterocycles. The molecule has 2 heterocycles. The molecular weight excluding hydrogens is 354 g/mol. The first-order chi connectivity index (χ1) is 11.3. The molecule has 2 aromatic heterocycles. The summed E-state index contributed by atoms with van der Waals surface area (Å²) in [5.74, 6) is 4.39. The van der Waals surface area contributed by atoms with Crippen LogP contribution in [0.2, 0.25) is 0 Å². The van der Waals surface area contributed by atoms with E-state index < -0.39 is 0 Å². The number of hydrogen-bond donors (Lipinski definition) is 0. The Balaban J connectivity index is 1.38. The van der Waals surface area contributed by atoms with Crippen molar-refractivity contribution in [1.29, 1.82) is 0 Å². The first-order valence-electron chi connectivity index (χ1n) is 8.93. The van der Waals surface area contributed by atoms with Crippen LogP contribution in [0.5, 0.6) is 5.75 Å². The van der Waals surface area contributed by atoms with Crippen molar-refractivity contribution in [2.75, 3.05) is 6.61 Å². The first kappa shape index (κ1) is 14.3. The summed E-state index contributed by atoms with van der Waals surface area (Å²) in [6.07, 6.45) is 11.8. The Morgan fingerprint density at radius 1 is 1.09 bits per heavy atom. The average Bonchev–Trinajstić information content (AvgIpc) is 3.27. The lowest BCUT2D eigenvalue weighted by atomic mass is 9.81. The fourth-order valence-corrected chi connectivity index (χ4v) is 5.08. The predicted octanol–water partition coefficient (Wildman–Crippen LogP) is 4.57. The Morgan fingerprint density at radius 3 is 2.61 bits per heavy atom. The van der Waals surface area contributed by atoms with Gasteiger partial charge >= 0.3 is 0 Å². The largest absolute Gasteiger partial charge is 0.493 e. The van der Waals surface area contributed by atoms with Crippen LogP contribution in [0.15, 0.2) is 17.0 Å². The van der Waals surface area contributed by atoms with Crippen LogP contribution in [0.1, 0.15) is 56.4 Å². The van der Waals surface area contributed by atoms with Crippen molar-refractivity contribution in [2.24, 2.45) is 17.8 Å². The number of aromatic nitrogens is 3. The molecule has 3 aliphatic carbocycles. The highest BCUT2D eigenvalue weighted by atomic mass is 79.9. The summed E-state index contributed by atoms with van der Waals surface area (Å²) in [4.78, 5) is 0. The third-order valence-corrected chi connectivity index (χ3v) is 6.51. The van der Waals surface area contributed by atoms with Crippen molar-refractivity contribution in [3.8, 4) is 5.75 Å². The Morgan fingerprint density at radius 2 is 1.87 bits per heavy atom. The van der Waals surface area contributed by atoms with Crippen LogP contribution in [0.3, 0.4) is 0 Å². The highest BCUT2D eigenvalue weighted by Crippen LogP contribution is 2.46. The second-order valence-electron chi connectivity index (χ2n) is 7.76. The van der Waals surface area contributed by atoms with E-state index in [1.165, 1.54) is 50.5 Å². The minimum Gasteiger partial charge on any atom is -0.493 e. The van der Waals surface area contributed by atoms with Gasteiger partial charge in [-0.2, -0.15) is 0 Å². The van der Waals surface area contributed by atoms with Crippen molar-refractivity contribution < 1.29 is 4.74 Å². The highest BCUT2D eigenvalue weighted by molar-refractivity contribution is 9.10. The van der Waals surface area contributed by atoms with Gasteiger partial charge in [0.2, 0.25) is 4.73 Å². The van der Waals surface area contributed by atoms with E-state index in [9.17, 15) is 0 Å². The van der Waals surface area contributed by atoms with Crippen LogP contribution in [-0.4, -0.2) is 21.2 Å². The van der Waals surface area contributed by atoms with E-state index in [1.807, 2.05) is 4.40 Å². The maximum atomic E-state index is 6.32. The molecule has 3 fully saturated rings. The molecule has 23 heavy (non-hydrogen) atoms. The number of rotatable bonds is 4. The Kier molecular flexibility index (Phi) is 3.39. The number of halogens is 1. The Hall–Kier alpha value is -1.10. The molecule has 0 spiro atoms. The van der Waals surface area contributed by atoms with Crippen molar-refractivity contribution in [3.05, 3.63) is 22.6 Å². The fourth-order valence-electron chi connectivity index (χ4n) is 4.72. The van der Waals surface area contributed by atoms with Gasteiger partial charge in [-0.15, -0.1) is 10.2 Å². The number of fused-ring (bicyclic) bond motifs is 3. The third kappa shape index (κ3) is 2.67. The summed E-state index contributed by atoms with van der Waals surface area (Å²) in [7, 11) is 0. The van der Waals surface area contributed by atoms with Gasteiger partial charge in [0.25, 0.3) is 0 Å². The lowest BCUT2D eigenvalue weighted by molar-refractivity contribution is 0.170. The zero-order valence-corrected chi connectivity index (χ0v) is 14.8. The SMILES string of the molecule is Brc1nnc2cc(OCC3C[C@H]4CC[C@@H](C3)C4)c(C3CC3)cn12. The van der Waals surface area contributed by atoms with Crippen molar-refractivity contribution in [1.82, 2.24) is 14.6 Å². The van der Waals surface area contributed by atoms with E-state index in [1.54, 1.807) is 0 Å². The molecule has 3 saturated carbocycles. The normalized spacial score (nSPS) is 30.0. The molecule has 0 aromatic carbocycles. The van der Waals surface area contributed by atoms with Crippen LogP contribution in [-0.2, 0) is 0 Å². The Bertz CT molecular complexity index is 727. The molecule has 2 bridgehead atoms. The molecule has 122 valence electrons. The maximum absolute atomic E-state index is 6.32. The Labute approximate surface area is 144 Å². The molecule has 1 unspecified atom stereocenters. The van der Waals surface area contributed by atoms with E-state index in [-0.39, 0.29) is 0 Å². The van der Waals surface area contributed by atoms with Crippen molar-refractivity contribution in [3.63, 3.8) is 0 Å². The van der Waals surface area contributed by atoms with Crippen LogP contribution >= 0.6 is 15.9 Å². The van der Waals surface area contributed by atoms with Gasteiger partial charge in [-0.3, -0.25) is 4.40 Å². The zero-order valence-electron chi connectivity index (χ0n) is 13.2. The average molecular weight is 376 g/mol. The molecule has 2 aromatic rings. The van der Waals surface area contributed by atoms with Crippen molar-refractivity contribution in [2.45, 2.75) is 50.9 Å². The van der Waals surface area contributed by atoms with E-state index in [4.69, 9.17) is 4.74 Å². The van der Waals surface area contributed by atoms with Crippen LogP contribution < -0.4 is 4.74 Å². The van der Waals surface area contributed by atoms with Gasteiger partial charge in [-0.25, -0.2) is 0 Å². The predicted molar refractivity (Wildman–Crippen MR) is 91.7 cm³/mol. The van der Waals surface area contributed by atoms with E-state index in [0.717, 1.165) is 40.5 Å². The third-order valence-electron chi connectivity index (χ3n) is 5.97. The second-order valence-corrected chi connectivity index (χ2v) is 8.47. The fraction of sp³-hybridized carbons (Fsp3) is 0.667. The monoisotopic (exact) mass is 375 g/mol. The van der Waals surface area contributed by atoms with E-state index in [2.05, 4.69) is 38.4 Å². The first-order valence-corrected chi connectivity index (χ1v) is 9.72. The summed E-state index contributed by atoms with van der Waals surface area (Å²) in [6.45, 7) is 0.873. The molecule has 4 nitrogen and oxygen atoms in total. The zero-order chi connectivity index (χ0) is 15.4. The summed E-state index contributed by atoms with van der Waals surface area (Å²) >= 11 is 3.47. The summed E-state index contributed by atoms with van der Waals surface area (Å²) in [6, 6.07) is 2.07. The topological polar surface area (TPSA) is 39.4 Å². The number of nitrogens with zero attached hydrogens (tertiary/aromatic N) is 3. The standard InChI is InChI=1S/C18H22BrN3O/c19-18-21-20-17-8-16(15(9-22(17)18)14-3-4-14)23-10-13-6-11-1-2-12(5-11)7-13/h8-9,11-14H,1-7,10H2/t11-,12+,13?. The van der Waals surface area contributed by atoms with Gasteiger partial charge in [0, 0.05) is 17.8 Å². The molecule has 0 saturated heterocycles. The minimum atomic E-state index is 0.659. The molecular formula is C18H22BrN3O. The lowest BCUT2D eigenvalue weighted by Gasteiger charge is -2.27. The lowest BCUT2D eigenvalue weighted by Crippen LogP contribution is -2.22. The number of hydrogen-bond acceptors (Lipinski definition) is 3. The molecule has 0 radical (unpaired) electrons. The van der Waals surface area contributed by atoms with E-state index in [0.29, 0.717) is 5.92 Å². The van der Waals surface area contributed by atoms with Gasteiger partial charge in [0.05, 0.1) is 6.61 Å². The van der Waals surface area contributed by atoms with Crippen LogP contribution in [0, 0.1) is 17.8 Å². The van der Waals surface area contributed by atoms with Gasteiger partial charge in [-0.05, 0) is 71.7 Å². The molecule has 3 aliphatic rings. The number of pyridine rings is 1.